The van der Waals surface area contributed by atoms with Crippen LogP contribution in [-0.2, 0) is 5.33 Å². The molecule has 0 saturated carbocycles. The second-order valence-corrected chi connectivity index (χ2v) is 3.04. The molecular formula is C8H6BrF2NO2. The van der Waals surface area contributed by atoms with Crippen LogP contribution in [0.3, 0.4) is 0 Å². The van der Waals surface area contributed by atoms with E-state index in [0.29, 0.717) is 6.29 Å². The molecule has 3 nitrogen and oxygen atoms in total. The number of aldehydes is 1. The Kier molecular flexibility index (Phi) is 3.51. The minimum Gasteiger partial charge on any atom is -0.505 e. The van der Waals surface area contributed by atoms with Gasteiger partial charge >= 0.3 is 0 Å². The maximum Gasteiger partial charge on any atom is 0.280 e. The summed E-state index contributed by atoms with van der Waals surface area (Å²) in [5.74, 6) is -0.360. The van der Waals surface area contributed by atoms with Gasteiger partial charge in [0.1, 0.15) is 11.4 Å². The van der Waals surface area contributed by atoms with E-state index >= 15 is 0 Å². The first-order chi connectivity index (χ1) is 6.60. The van der Waals surface area contributed by atoms with Gasteiger partial charge in [-0.3, -0.25) is 4.79 Å². The Morgan fingerprint density at radius 1 is 1.64 bits per heavy atom. The Morgan fingerprint density at radius 3 is 2.71 bits per heavy atom. The van der Waals surface area contributed by atoms with E-state index in [9.17, 15) is 18.7 Å². The molecule has 0 atom stereocenters. The monoisotopic (exact) mass is 265 g/mol. The largest absolute Gasteiger partial charge is 0.505 e. The highest BCUT2D eigenvalue weighted by atomic mass is 79.9. The average molecular weight is 266 g/mol. The van der Waals surface area contributed by atoms with Gasteiger partial charge in [-0.05, 0) is 6.07 Å². The Bertz CT molecular complexity index is 357. The van der Waals surface area contributed by atoms with Gasteiger partial charge in [-0.1, -0.05) is 15.9 Å². The Morgan fingerprint density at radius 2 is 2.29 bits per heavy atom. The number of aromatic nitrogens is 1. The Hall–Kier alpha value is -1.04. The minimum atomic E-state index is -2.76. The predicted octanol–water partition coefficient (Wildman–Crippen LogP) is 2.43. The van der Waals surface area contributed by atoms with Gasteiger partial charge in [0.25, 0.3) is 6.43 Å². The number of alkyl halides is 3. The summed E-state index contributed by atoms with van der Waals surface area (Å²) in [5.41, 5.74) is -0.658. The SMILES string of the molecule is O=Cc1cc(C(F)F)nc(CBr)c1O. The van der Waals surface area contributed by atoms with Crippen LogP contribution in [-0.4, -0.2) is 16.4 Å². The van der Waals surface area contributed by atoms with Gasteiger partial charge in [0.15, 0.2) is 6.29 Å². The number of aromatic hydroxyl groups is 1. The molecule has 1 aromatic heterocycles. The first-order valence-corrected chi connectivity index (χ1v) is 4.74. The second-order valence-electron chi connectivity index (χ2n) is 2.48. The van der Waals surface area contributed by atoms with E-state index in [0.717, 1.165) is 6.07 Å². The molecule has 0 aliphatic rings. The summed E-state index contributed by atoms with van der Waals surface area (Å²) in [6.07, 6.45) is -2.44. The van der Waals surface area contributed by atoms with E-state index in [4.69, 9.17) is 0 Å². The molecule has 76 valence electrons. The molecule has 1 rings (SSSR count). The van der Waals surface area contributed by atoms with Gasteiger partial charge in [-0.2, -0.15) is 0 Å². The van der Waals surface area contributed by atoms with Crippen LogP contribution < -0.4 is 0 Å². The molecule has 1 N–H and O–H groups in total. The Labute approximate surface area is 86.9 Å². The topological polar surface area (TPSA) is 50.2 Å². The lowest BCUT2D eigenvalue weighted by atomic mass is 10.2. The number of carbonyl (C=O) groups is 1. The van der Waals surface area contributed by atoms with E-state index in [1.54, 1.807) is 0 Å². The van der Waals surface area contributed by atoms with Gasteiger partial charge in [0.05, 0.1) is 11.3 Å². The lowest BCUT2D eigenvalue weighted by Crippen LogP contribution is -1.98. The maximum absolute atomic E-state index is 12.3. The molecular weight excluding hydrogens is 260 g/mol. The van der Waals surface area contributed by atoms with Crippen molar-refractivity contribution < 1.29 is 18.7 Å². The molecule has 14 heavy (non-hydrogen) atoms. The standard InChI is InChI=1S/C8H6BrF2NO2/c9-2-6-7(14)4(3-13)1-5(12-6)8(10)11/h1,3,8,14H,2H2. The van der Waals surface area contributed by atoms with Gasteiger partial charge in [-0.15, -0.1) is 0 Å². The Balaban J connectivity index is 3.31. The van der Waals surface area contributed by atoms with Crippen molar-refractivity contribution >= 4 is 22.2 Å². The zero-order valence-electron chi connectivity index (χ0n) is 6.88. The minimum absolute atomic E-state index is 0.0323. The van der Waals surface area contributed by atoms with Crippen molar-refractivity contribution in [2.45, 2.75) is 11.8 Å². The molecule has 0 fully saturated rings. The molecule has 0 aliphatic carbocycles. The fourth-order valence-corrected chi connectivity index (χ4v) is 1.32. The van der Waals surface area contributed by atoms with Gasteiger partial charge in [0, 0.05) is 5.33 Å². The van der Waals surface area contributed by atoms with E-state index in [1.165, 1.54) is 0 Å². The lowest BCUT2D eigenvalue weighted by Gasteiger charge is -2.06. The number of rotatable bonds is 3. The number of hydrogen-bond donors (Lipinski definition) is 1. The summed E-state index contributed by atoms with van der Waals surface area (Å²) >= 11 is 2.97. The molecule has 0 radical (unpaired) electrons. The number of nitrogens with zero attached hydrogens (tertiary/aromatic N) is 1. The maximum atomic E-state index is 12.3. The molecule has 1 aromatic rings. The summed E-state index contributed by atoms with van der Waals surface area (Å²) in [5, 5.41) is 9.44. The van der Waals surface area contributed by atoms with Crippen molar-refractivity contribution in [1.29, 1.82) is 0 Å². The third kappa shape index (κ3) is 2.06. The van der Waals surface area contributed by atoms with Gasteiger partial charge < -0.3 is 5.11 Å². The fraction of sp³-hybridized carbons (Fsp3) is 0.250. The first-order valence-electron chi connectivity index (χ1n) is 3.62. The van der Waals surface area contributed by atoms with E-state index in [-0.39, 0.29) is 22.3 Å². The highest BCUT2D eigenvalue weighted by Gasteiger charge is 2.15. The van der Waals surface area contributed by atoms with E-state index in [1.807, 2.05) is 0 Å². The number of pyridine rings is 1. The average Bonchev–Trinajstić information content (AvgIpc) is 2.17. The van der Waals surface area contributed by atoms with Crippen molar-refractivity contribution in [3.8, 4) is 5.75 Å². The molecule has 0 spiro atoms. The summed E-state index contributed by atoms with van der Waals surface area (Å²) < 4.78 is 24.5. The lowest BCUT2D eigenvalue weighted by molar-refractivity contribution is 0.111. The number of carbonyl (C=O) groups excluding carboxylic acids is 1. The third-order valence-corrected chi connectivity index (χ3v) is 2.12. The van der Waals surface area contributed by atoms with Crippen LogP contribution in [0.4, 0.5) is 8.78 Å². The zero-order chi connectivity index (χ0) is 10.7. The zero-order valence-corrected chi connectivity index (χ0v) is 8.46. The predicted molar refractivity (Wildman–Crippen MR) is 48.9 cm³/mol. The molecule has 0 bridgehead atoms. The molecule has 0 saturated heterocycles. The summed E-state index contributed by atoms with van der Waals surface area (Å²) in [4.78, 5) is 13.9. The van der Waals surface area contributed by atoms with E-state index < -0.39 is 12.1 Å². The third-order valence-electron chi connectivity index (χ3n) is 1.59. The molecule has 0 aromatic carbocycles. The van der Waals surface area contributed by atoms with Crippen LogP contribution in [0.25, 0.3) is 0 Å². The number of halogens is 3. The first kappa shape index (κ1) is 11.0. The van der Waals surface area contributed by atoms with Crippen LogP contribution in [0.5, 0.6) is 5.75 Å². The highest BCUT2D eigenvalue weighted by molar-refractivity contribution is 9.08. The molecule has 1 heterocycles. The highest BCUT2D eigenvalue weighted by Crippen LogP contribution is 2.26. The normalized spacial score (nSPS) is 10.6. The second kappa shape index (κ2) is 4.45. The fourth-order valence-electron chi connectivity index (χ4n) is 0.930. The van der Waals surface area contributed by atoms with Crippen molar-refractivity contribution in [2.75, 3.05) is 0 Å². The summed E-state index contributed by atoms with van der Waals surface area (Å²) in [6.45, 7) is 0. The molecule has 0 unspecified atom stereocenters. The molecule has 6 heteroatoms. The van der Waals surface area contributed by atoms with Crippen LogP contribution in [0.1, 0.15) is 28.2 Å². The quantitative estimate of drug-likeness (QED) is 0.675. The van der Waals surface area contributed by atoms with Crippen molar-refractivity contribution in [3.63, 3.8) is 0 Å². The van der Waals surface area contributed by atoms with Crippen LogP contribution in [0.15, 0.2) is 6.07 Å². The van der Waals surface area contributed by atoms with Crippen LogP contribution in [0, 0.1) is 0 Å². The van der Waals surface area contributed by atoms with E-state index in [2.05, 4.69) is 20.9 Å². The summed E-state index contributed by atoms with van der Waals surface area (Å²) in [7, 11) is 0. The van der Waals surface area contributed by atoms with Crippen molar-refractivity contribution in [2.24, 2.45) is 0 Å². The van der Waals surface area contributed by atoms with Crippen LogP contribution >= 0.6 is 15.9 Å². The van der Waals surface area contributed by atoms with Crippen molar-refractivity contribution in [3.05, 3.63) is 23.0 Å². The molecule has 0 amide bonds. The smallest absolute Gasteiger partial charge is 0.280 e. The van der Waals surface area contributed by atoms with Gasteiger partial charge in [-0.25, -0.2) is 13.8 Å². The molecule has 0 aliphatic heterocycles. The number of hydrogen-bond acceptors (Lipinski definition) is 3. The van der Waals surface area contributed by atoms with Gasteiger partial charge in [0.2, 0.25) is 0 Å². The van der Waals surface area contributed by atoms with Crippen LogP contribution in [0.2, 0.25) is 0 Å². The van der Waals surface area contributed by atoms with Crippen molar-refractivity contribution in [1.82, 2.24) is 4.98 Å². The summed E-state index contributed by atoms with van der Waals surface area (Å²) in [6, 6.07) is 0.874.